The van der Waals surface area contributed by atoms with E-state index in [1.807, 2.05) is 30.5 Å². The zero-order valence-corrected chi connectivity index (χ0v) is 19.3. The van der Waals surface area contributed by atoms with E-state index in [-0.39, 0.29) is 11.7 Å². The minimum atomic E-state index is -3.22. The van der Waals surface area contributed by atoms with Crippen LogP contribution in [-0.2, 0) is 10.0 Å². The second-order valence-electron chi connectivity index (χ2n) is 9.26. The summed E-state index contributed by atoms with van der Waals surface area (Å²) in [5, 5.41) is 1.03. The van der Waals surface area contributed by atoms with Crippen molar-refractivity contribution >= 4 is 26.9 Å². The van der Waals surface area contributed by atoms with Crippen LogP contribution in [0.1, 0.15) is 43.6 Å². The number of benzene rings is 1. The Morgan fingerprint density at radius 2 is 1.84 bits per heavy atom. The molecule has 170 valence electrons. The summed E-state index contributed by atoms with van der Waals surface area (Å²) >= 11 is 0. The number of nitrogens with zero attached hydrogens (tertiary/aromatic N) is 4. The van der Waals surface area contributed by atoms with Gasteiger partial charge < -0.3 is 9.88 Å². The predicted octanol–water partition coefficient (Wildman–Crippen LogP) is 3.77. The molecule has 0 bridgehead atoms. The summed E-state index contributed by atoms with van der Waals surface area (Å²) in [7, 11) is -1.13. The third kappa shape index (κ3) is 4.26. The van der Waals surface area contributed by atoms with Gasteiger partial charge in [0.05, 0.1) is 11.1 Å². The van der Waals surface area contributed by atoms with Crippen LogP contribution in [0.5, 0.6) is 0 Å². The van der Waals surface area contributed by atoms with E-state index in [4.69, 9.17) is 0 Å². The van der Waals surface area contributed by atoms with Crippen molar-refractivity contribution < 1.29 is 8.42 Å². The first-order chi connectivity index (χ1) is 15.5. The van der Waals surface area contributed by atoms with Crippen LogP contribution in [-0.4, -0.2) is 59.6 Å². The molecule has 32 heavy (non-hydrogen) atoms. The number of hydrogen-bond acceptors (Lipinski definition) is 5. The third-order valence-electron chi connectivity index (χ3n) is 7.29. The summed E-state index contributed by atoms with van der Waals surface area (Å²) in [4.78, 5) is 14.2. The molecule has 2 fully saturated rings. The highest BCUT2D eigenvalue weighted by molar-refractivity contribution is 7.89. The largest absolute Gasteiger partial charge is 0.356 e. The molecule has 1 atom stereocenters. The molecule has 0 radical (unpaired) electrons. The molecule has 0 amide bonds. The van der Waals surface area contributed by atoms with Gasteiger partial charge in [-0.1, -0.05) is 30.3 Å². The third-order valence-corrected chi connectivity index (χ3v) is 9.30. The molecule has 0 unspecified atom stereocenters. The van der Waals surface area contributed by atoms with E-state index in [0.717, 1.165) is 49.0 Å². The average molecular weight is 454 g/mol. The van der Waals surface area contributed by atoms with Crippen LogP contribution in [0.15, 0.2) is 48.9 Å². The van der Waals surface area contributed by atoms with Gasteiger partial charge >= 0.3 is 0 Å². The lowest BCUT2D eigenvalue weighted by atomic mass is 9.86. The zero-order chi connectivity index (χ0) is 22.1. The van der Waals surface area contributed by atoms with E-state index in [1.54, 1.807) is 10.6 Å². The molecular formula is C24H31N5O2S. The fraction of sp³-hybridized carbons (Fsp3) is 0.500. The smallest absolute Gasteiger partial charge is 0.214 e. The average Bonchev–Trinajstić information content (AvgIpc) is 3.50. The molecule has 2 aromatic heterocycles. The molecule has 1 saturated carbocycles. The molecule has 7 nitrogen and oxygen atoms in total. The van der Waals surface area contributed by atoms with Gasteiger partial charge in [0.15, 0.2) is 0 Å². The number of aromatic amines is 1. The van der Waals surface area contributed by atoms with Gasteiger partial charge in [0.25, 0.3) is 0 Å². The van der Waals surface area contributed by atoms with E-state index in [1.165, 1.54) is 5.56 Å². The van der Waals surface area contributed by atoms with E-state index in [9.17, 15) is 8.42 Å². The molecular weight excluding hydrogens is 422 g/mol. The molecule has 1 aromatic carbocycles. The van der Waals surface area contributed by atoms with Crippen molar-refractivity contribution in [2.75, 3.05) is 30.8 Å². The van der Waals surface area contributed by atoms with Crippen molar-refractivity contribution in [1.82, 2.24) is 19.3 Å². The summed E-state index contributed by atoms with van der Waals surface area (Å²) in [6.45, 7) is 1.26. The van der Waals surface area contributed by atoms with Crippen LogP contribution >= 0.6 is 0 Å². The Labute approximate surface area is 189 Å². The Morgan fingerprint density at radius 1 is 1.06 bits per heavy atom. The molecule has 0 spiro atoms. The monoisotopic (exact) mass is 453 g/mol. The minimum Gasteiger partial charge on any atom is -0.356 e. The summed E-state index contributed by atoms with van der Waals surface area (Å²) < 4.78 is 28.0. The number of nitrogens with one attached hydrogen (secondary N) is 1. The Hall–Kier alpha value is -2.45. The zero-order valence-electron chi connectivity index (χ0n) is 18.5. The van der Waals surface area contributed by atoms with Gasteiger partial charge in [-0.3, -0.25) is 0 Å². The number of rotatable bonds is 6. The van der Waals surface area contributed by atoms with Gasteiger partial charge in [0.2, 0.25) is 10.0 Å². The van der Waals surface area contributed by atoms with Crippen molar-refractivity contribution in [1.29, 1.82) is 0 Å². The summed E-state index contributed by atoms with van der Waals surface area (Å²) in [5.41, 5.74) is 2.09. The van der Waals surface area contributed by atoms with Gasteiger partial charge in [-0.05, 0) is 55.6 Å². The van der Waals surface area contributed by atoms with Crippen molar-refractivity contribution in [3.05, 3.63) is 54.5 Å². The van der Waals surface area contributed by atoms with Crippen LogP contribution in [0.3, 0.4) is 0 Å². The number of aromatic nitrogens is 3. The van der Waals surface area contributed by atoms with E-state index < -0.39 is 10.0 Å². The molecule has 5 rings (SSSR count). The molecule has 1 aliphatic carbocycles. The van der Waals surface area contributed by atoms with Crippen molar-refractivity contribution in [2.45, 2.75) is 44.1 Å². The summed E-state index contributed by atoms with van der Waals surface area (Å²) in [6.07, 6.45) is 8.24. The molecule has 1 N–H and O–H groups in total. The highest BCUT2D eigenvalue weighted by Gasteiger charge is 2.35. The number of H-pyrrole nitrogens is 1. The van der Waals surface area contributed by atoms with Crippen molar-refractivity contribution in [2.24, 2.45) is 5.92 Å². The fourth-order valence-corrected chi connectivity index (χ4v) is 7.32. The van der Waals surface area contributed by atoms with Crippen LogP contribution < -0.4 is 4.90 Å². The lowest BCUT2D eigenvalue weighted by molar-refractivity contribution is 0.336. The summed E-state index contributed by atoms with van der Waals surface area (Å²) in [6, 6.07) is 12.7. The van der Waals surface area contributed by atoms with Gasteiger partial charge in [0, 0.05) is 32.4 Å². The number of anilines is 1. The number of sulfonamides is 1. The van der Waals surface area contributed by atoms with Crippen LogP contribution in [0.2, 0.25) is 0 Å². The molecule has 2 aliphatic rings. The van der Waals surface area contributed by atoms with Crippen LogP contribution in [0, 0.1) is 5.92 Å². The maximum atomic E-state index is 13.1. The lowest BCUT2D eigenvalue weighted by Crippen LogP contribution is -2.39. The Bertz CT molecular complexity index is 1160. The van der Waals surface area contributed by atoms with E-state index in [0.29, 0.717) is 25.0 Å². The molecule has 1 saturated heterocycles. The number of fused-ring (bicyclic) bond motifs is 1. The standard InChI is InChI=1S/C24H31N5O2S/c1-28(24-22-11-13-25-23(22)26-17-27-24)21-9-7-18(8-10-21)16-32(30,31)29-14-12-20(15-29)19-5-3-2-4-6-19/h2-6,11,13,17-18,20-21H,7-10,12,14-16H2,1H3,(H,25,26,27)/t18?,20-,21?/m1/s1. The molecule has 3 heterocycles. The van der Waals surface area contributed by atoms with Gasteiger partial charge in [-0.15, -0.1) is 0 Å². The predicted molar refractivity (Wildman–Crippen MR) is 127 cm³/mol. The lowest BCUT2D eigenvalue weighted by Gasteiger charge is -2.35. The van der Waals surface area contributed by atoms with Crippen molar-refractivity contribution in [3.63, 3.8) is 0 Å². The molecule has 1 aliphatic heterocycles. The maximum absolute atomic E-state index is 13.1. The van der Waals surface area contributed by atoms with Crippen molar-refractivity contribution in [3.8, 4) is 0 Å². The van der Waals surface area contributed by atoms with Gasteiger partial charge in [0.1, 0.15) is 17.8 Å². The summed E-state index contributed by atoms with van der Waals surface area (Å²) in [5.74, 6) is 1.77. The van der Waals surface area contributed by atoms with Crippen LogP contribution in [0.4, 0.5) is 5.82 Å². The van der Waals surface area contributed by atoms with E-state index in [2.05, 4.69) is 39.0 Å². The Balaban J connectivity index is 1.17. The highest BCUT2D eigenvalue weighted by Crippen LogP contribution is 2.34. The second kappa shape index (κ2) is 8.83. The quantitative estimate of drug-likeness (QED) is 0.614. The first kappa shape index (κ1) is 21.4. The van der Waals surface area contributed by atoms with E-state index >= 15 is 0 Å². The first-order valence-electron chi connectivity index (χ1n) is 11.5. The second-order valence-corrected chi connectivity index (χ2v) is 11.3. The Kier molecular flexibility index (Phi) is 5.90. The van der Waals surface area contributed by atoms with Gasteiger partial charge in [-0.25, -0.2) is 22.7 Å². The molecule has 3 aromatic rings. The minimum absolute atomic E-state index is 0.234. The topological polar surface area (TPSA) is 82.2 Å². The Morgan fingerprint density at radius 3 is 2.62 bits per heavy atom. The number of hydrogen-bond donors (Lipinski definition) is 1. The SMILES string of the molecule is CN(c1ncnc2[nH]ccc12)C1CCC(CS(=O)(=O)N2CC[C@@H](c3ccccc3)C2)CC1. The fourth-order valence-electron chi connectivity index (χ4n) is 5.39. The molecule has 8 heteroatoms. The van der Waals surface area contributed by atoms with Crippen LogP contribution in [0.25, 0.3) is 11.0 Å². The normalized spacial score (nSPS) is 24.7. The van der Waals surface area contributed by atoms with Gasteiger partial charge in [-0.2, -0.15) is 0 Å². The first-order valence-corrected chi connectivity index (χ1v) is 13.2. The highest BCUT2D eigenvalue weighted by atomic mass is 32.2. The maximum Gasteiger partial charge on any atom is 0.214 e.